The number of allylic oxidation sites excluding steroid dienone is 1. The third kappa shape index (κ3) is 4.71. The van der Waals surface area contributed by atoms with Gasteiger partial charge in [-0.05, 0) is 30.2 Å². The van der Waals surface area contributed by atoms with Crippen LogP contribution in [-0.4, -0.2) is 19.0 Å². The van der Waals surface area contributed by atoms with Crippen LogP contribution in [0.3, 0.4) is 0 Å². The van der Waals surface area contributed by atoms with Crippen molar-refractivity contribution in [2.24, 2.45) is 0 Å². The number of rotatable bonds is 4. The van der Waals surface area contributed by atoms with Crippen molar-refractivity contribution in [3.8, 4) is 0 Å². The molecule has 1 rings (SSSR count). The van der Waals surface area contributed by atoms with Crippen LogP contribution < -0.4 is 0 Å². The van der Waals surface area contributed by atoms with E-state index in [2.05, 4.69) is 20.7 Å². The first-order valence-electron chi connectivity index (χ1n) is 5.24. The Morgan fingerprint density at radius 2 is 2.11 bits per heavy atom. The number of methoxy groups -OCH3 is 1. The van der Waals surface area contributed by atoms with E-state index in [0.717, 1.165) is 10.0 Å². The number of benzene rings is 1. The maximum Gasteiger partial charge on any atom is 0.373 e. The van der Waals surface area contributed by atoms with Crippen LogP contribution in [0.25, 0.3) is 0 Å². The highest BCUT2D eigenvalue weighted by molar-refractivity contribution is 9.10. The van der Waals surface area contributed by atoms with Gasteiger partial charge in [0.05, 0.1) is 7.11 Å². The van der Waals surface area contributed by atoms with Crippen LogP contribution in [0, 0.1) is 0 Å². The van der Waals surface area contributed by atoms with E-state index >= 15 is 0 Å². The first kappa shape index (κ1) is 14.4. The Balaban J connectivity index is 2.82. The Kier molecular flexibility index (Phi) is 5.58. The highest BCUT2D eigenvalue weighted by Gasteiger charge is 2.13. The largest absolute Gasteiger partial charge is 0.463 e. The molecule has 18 heavy (non-hydrogen) atoms. The highest BCUT2D eigenvalue weighted by atomic mass is 79.9. The molecule has 0 aliphatic carbocycles. The second kappa shape index (κ2) is 6.96. The smallest absolute Gasteiger partial charge is 0.373 e. The fourth-order valence-electron chi connectivity index (χ4n) is 1.30. The highest BCUT2D eigenvalue weighted by Crippen LogP contribution is 2.13. The lowest BCUT2D eigenvalue weighted by Crippen LogP contribution is -2.11. The summed E-state index contributed by atoms with van der Waals surface area (Å²) in [6, 6.07) is 7.61. The zero-order chi connectivity index (χ0) is 13.5. The third-order valence-electron chi connectivity index (χ3n) is 2.05. The molecule has 0 saturated heterocycles. The van der Waals surface area contributed by atoms with E-state index in [1.165, 1.54) is 20.1 Å². The molecule has 0 heterocycles. The summed E-state index contributed by atoms with van der Waals surface area (Å²) in [4.78, 5) is 22.2. The zero-order valence-corrected chi connectivity index (χ0v) is 11.7. The summed E-state index contributed by atoms with van der Waals surface area (Å²) >= 11 is 3.35. The predicted molar refractivity (Wildman–Crippen MR) is 69.7 cm³/mol. The van der Waals surface area contributed by atoms with Crippen molar-refractivity contribution in [1.82, 2.24) is 0 Å². The minimum absolute atomic E-state index is 0.0926. The molecule has 0 radical (unpaired) electrons. The van der Waals surface area contributed by atoms with Gasteiger partial charge in [-0.15, -0.1) is 0 Å². The summed E-state index contributed by atoms with van der Waals surface area (Å²) in [5.41, 5.74) is 0.984. The Hall–Kier alpha value is -1.62. The van der Waals surface area contributed by atoms with Crippen LogP contribution in [0.1, 0.15) is 12.5 Å². The number of hydrogen-bond donors (Lipinski definition) is 0. The normalized spacial score (nSPS) is 10.9. The van der Waals surface area contributed by atoms with Gasteiger partial charge in [-0.3, -0.25) is 4.79 Å². The molecule has 0 aromatic heterocycles. The molecule has 0 fully saturated rings. The number of ether oxygens (including phenoxy) is 2. The third-order valence-corrected chi connectivity index (χ3v) is 2.55. The lowest BCUT2D eigenvalue weighted by Gasteiger charge is -2.05. The molecule has 0 spiro atoms. The van der Waals surface area contributed by atoms with Gasteiger partial charge in [0.1, 0.15) is 0 Å². The summed E-state index contributed by atoms with van der Waals surface area (Å²) in [6.07, 6.45) is 1.99. The number of esters is 2. The molecule has 0 atom stereocenters. The average Bonchev–Trinajstić information content (AvgIpc) is 2.33. The van der Waals surface area contributed by atoms with Crippen molar-refractivity contribution in [3.63, 3.8) is 0 Å². The quantitative estimate of drug-likeness (QED) is 0.487. The summed E-state index contributed by atoms with van der Waals surface area (Å²) in [6.45, 7) is 1.23. The summed E-state index contributed by atoms with van der Waals surface area (Å²) < 4.78 is 10.3. The fourth-order valence-corrected chi connectivity index (χ4v) is 1.74. The monoisotopic (exact) mass is 312 g/mol. The first-order chi connectivity index (χ1) is 8.52. The maximum atomic E-state index is 11.4. The Labute approximate surface area is 114 Å². The molecule has 96 valence electrons. The van der Waals surface area contributed by atoms with Crippen LogP contribution in [-0.2, 0) is 25.5 Å². The minimum Gasteiger partial charge on any atom is -0.463 e. The van der Waals surface area contributed by atoms with Gasteiger partial charge in [-0.2, -0.15) is 0 Å². The Bertz CT molecular complexity index is 480. The molecular weight excluding hydrogens is 300 g/mol. The van der Waals surface area contributed by atoms with Gasteiger partial charge in [-0.1, -0.05) is 28.1 Å². The minimum atomic E-state index is -0.666. The molecule has 5 heteroatoms. The van der Waals surface area contributed by atoms with E-state index < -0.39 is 11.9 Å². The SMILES string of the molecule is COC(=O)C(=CCc1cccc(Br)c1)OC(C)=O. The Morgan fingerprint density at radius 1 is 1.39 bits per heavy atom. The van der Waals surface area contributed by atoms with Gasteiger partial charge >= 0.3 is 11.9 Å². The van der Waals surface area contributed by atoms with Crippen molar-refractivity contribution in [3.05, 3.63) is 46.1 Å². The van der Waals surface area contributed by atoms with E-state index in [1.54, 1.807) is 0 Å². The van der Waals surface area contributed by atoms with Crippen molar-refractivity contribution in [1.29, 1.82) is 0 Å². The molecule has 0 N–H and O–H groups in total. The maximum absolute atomic E-state index is 11.4. The molecule has 1 aromatic carbocycles. The van der Waals surface area contributed by atoms with Gasteiger partial charge in [0.15, 0.2) is 0 Å². The molecule has 1 aromatic rings. The predicted octanol–water partition coefficient (Wildman–Crippen LogP) is 2.61. The molecule has 0 amide bonds. The van der Waals surface area contributed by atoms with Gasteiger partial charge in [0.2, 0.25) is 5.76 Å². The lowest BCUT2D eigenvalue weighted by atomic mass is 10.1. The number of halogens is 1. The Morgan fingerprint density at radius 3 is 2.67 bits per heavy atom. The van der Waals surface area contributed by atoms with Crippen LogP contribution in [0.4, 0.5) is 0 Å². The van der Waals surface area contributed by atoms with Crippen LogP contribution in [0.15, 0.2) is 40.6 Å². The molecule has 0 saturated carbocycles. The van der Waals surface area contributed by atoms with Crippen molar-refractivity contribution in [2.75, 3.05) is 7.11 Å². The number of carbonyl (C=O) groups is 2. The number of hydrogen-bond acceptors (Lipinski definition) is 4. The second-order valence-electron chi connectivity index (χ2n) is 3.49. The van der Waals surface area contributed by atoms with Gasteiger partial charge < -0.3 is 9.47 Å². The van der Waals surface area contributed by atoms with Crippen molar-refractivity contribution in [2.45, 2.75) is 13.3 Å². The molecule has 0 aliphatic heterocycles. The lowest BCUT2D eigenvalue weighted by molar-refractivity contribution is -0.148. The topological polar surface area (TPSA) is 52.6 Å². The summed E-state index contributed by atoms with van der Waals surface area (Å²) in [5.74, 6) is -1.31. The fraction of sp³-hybridized carbons (Fsp3) is 0.231. The summed E-state index contributed by atoms with van der Waals surface area (Å²) in [7, 11) is 1.23. The van der Waals surface area contributed by atoms with E-state index in [9.17, 15) is 9.59 Å². The van der Waals surface area contributed by atoms with Crippen molar-refractivity contribution < 1.29 is 19.1 Å². The van der Waals surface area contributed by atoms with E-state index in [0.29, 0.717) is 6.42 Å². The van der Waals surface area contributed by atoms with E-state index in [-0.39, 0.29) is 5.76 Å². The standard InChI is InChI=1S/C13H13BrO4/c1-9(15)18-12(13(16)17-2)7-6-10-4-3-5-11(14)8-10/h3-5,7-8H,6H2,1-2H3. The van der Waals surface area contributed by atoms with Crippen LogP contribution in [0.2, 0.25) is 0 Å². The summed E-state index contributed by atoms with van der Waals surface area (Å²) in [5, 5.41) is 0. The molecular formula is C13H13BrO4. The second-order valence-corrected chi connectivity index (χ2v) is 4.40. The van der Waals surface area contributed by atoms with Gasteiger partial charge in [0, 0.05) is 11.4 Å². The van der Waals surface area contributed by atoms with Crippen molar-refractivity contribution >= 4 is 27.9 Å². The first-order valence-corrected chi connectivity index (χ1v) is 6.03. The van der Waals surface area contributed by atoms with Gasteiger partial charge in [0.25, 0.3) is 0 Å². The number of carbonyl (C=O) groups excluding carboxylic acids is 2. The average molecular weight is 313 g/mol. The molecule has 4 nitrogen and oxygen atoms in total. The molecule has 0 aliphatic rings. The molecule has 0 unspecified atom stereocenters. The van der Waals surface area contributed by atoms with E-state index in [1.807, 2.05) is 24.3 Å². The molecule has 0 bridgehead atoms. The van der Waals surface area contributed by atoms with E-state index in [4.69, 9.17) is 4.74 Å². The van der Waals surface area contributed by atoms with Gasteiger partial charge in [-0.25, -0.2) is 4.79 Å². The van der Waals surface area contributed by atoms with Crippen LogP contribution in [0.5, 0.6) is 0 Å². The van der Waals surface area contributed by atoms with Crippen LogP contribution >= 0.6 is 15.9 Å². The zero-order valence-electron chi connectivity index (χ0n) is 10.1.